The SMILES string of the molecule is CCOC(=O)C1CCN(c2ccc(NS(C)(=O)=O)cc2S(=O)(=O)N[C@H]2CCCc3ccccc32)CC1. The summed E-state index contributed by atoms with van der Waals surface area (Å²) in [4.78, 5) is 14.1. The Bertz CT molecular complexity index is 1320. The molecule has 11 heteroatoms. The Kier molecular flexibility index (Phi) is 7.91. The molecule has 4 rings (SSSR count). The zero-order valence-electron chi connectivity index (χ0n) is 20.6. The predicted molar refractivity (Wildman–Crippen MR) is 139 cm³/mol. The number of benzene rings is 2. The minimum atomic E-state index is -4.02. The minimum absolute atomic E-state index is 0.00814. The van der Waals surface area contributed by atoms with Crippen molar-refractivity contribution in [2.75, 3.05) is 35.6 Å². The number of hydrogen-bond acceptors (Lipinski definition) is 7. The first-order valence-electron chi connectivity index (χ1n) is 12.2. The van der Waals surface area contributed by atoms with Crippen LogP contribution in [0.25, 0.3) is 0 Å². The monoisotopic (exact) mass is 535 g/mol. The first-order chi connectivity index (χ1) is 17.1. The summed E-state index contributed by atoms with van der Waals surface area (Å²) in [5.74, 6) is -0.445. The van der Waals surface area contributed by atoms with Crippen molar-refractivity contribution in [3.05, 3.63) is 53.6 Å². The Balaban J connectivity index is 1.65. The zero-order chi connectivity index (χ0) is 25.9. The van der Waals surface area contributed by atoms with Gasteiger partial charge in [-0.3, -0.25) is 9.52 Å². The van der Waals surface area contributed by atoms with Crippen LogP contribution in [0.5, 0.6) is 0 Å². The van der Waals surface area contributed by atoms with Crippen molar-refractivity contribution in [3.63, 3.8) is 0 Å². The number of piperidine rings is 1. The molecule has 2 N–H and O–H groups in total. The van der Waals surface area contributed by atoms with Gasteiger partial charge >= 0.3 is 5.97 Å². The van der Waals surface area contributed by atoms with Crippen LogP contribution in [0.3, 0.4) is 0 Å². The molecule has 1 atom stereocenters. The second-order valence-electron chi connectivity index (χ2n) is 9.34. The molecule has 196 valence electrons. The molecule has 0 saturated carbocycles. The summed E-state index contributed by atoms with van der Waals surface area (Å²) in [5, 5.41) is 0. The average Bonchev–Trinajstić information content (AvgIpc) is 2.83. The van der Waals surface area contributed by atoms with Gasteiger partial charge in [-0.2, -0.15) is 0 Å². The number of nitrogens with zero attached hydrogens (tertiary/aromatic N) is 1. The van der Waals surface area contributed by atoms with Gasteiger partial charge in [0.05, 0.1) is 24.5 Å². The number of ether oxygens (including phenoxy) is 1. The quantitative estimate of drug-likeness (QED) is 0.498. The zero-order valence-corrected chi connectivity index (χ0v) is 22.2. The summed E-state index contributed by atoms with van der Waals surface area (Å²) in [5.41, 5.74) is 2.75. The maximum absolute atomic E-state index is 13.8. The molecular weight excluding hydrogens is 502 g/mol. The van der Waals surface area contributed by atoms with Crippen LogP contribution in [-0.2, 0) is 36.0 Å². The largest absolute Gasteiger partial charge is 0.466 e. The molecule has 1 heterocycles. The predicted octanol–water partition coefficient (Wildman–Crippen LogP) is 3.19. The van der Waals surface area contributed by atoms with E-state index in [0.29, 0.717) is 44.6 Å². The lowest BCUT2D eigenvalue weighted by molar-refractivity contribution is -0.148. The lowest BCUT2D eigenvalue weighted by atomic mass is 9.88. The van der Waals surface area contributed by atoms with Crippen LogP contribution >= 0.6 is 0 Å². The summed E-state index contributed by atoms with van der Waals surface area (Å²) in [6, 6.07) is 12.0. The molecule has 0 spiro atoms. The maximum atomic E-state index is 13.8. The lowest BCUT2D eigenvalue weighted by Gasteiger charge is -2.34. The molecule has 1 aliphatic heterocycles. The van der Waals surface area contributed by atoms with Gasteiger partial charge in [-0.1, -0.05) is 24.3 Å². The van der Waals surface area contributed by atoms with Gasteiger partial charge in [0.25, 0.3) is 0 Å². The number of aryl methyl sites for hydroxylation is 1. The third-order valence-corrected chi connectivity index (χ3v) is 8.78. The van der Waals surface area contributed by atoms with Crippen molar-refractivity contribution in [2.45, 2.75) is 50.0 Å². The highest BCUT2D eigenvalue weighted by Gasteiger charge is 2.32. The highest BCUT2D eigenvalue weighted by molar-refractivity contribution is 7.92. The molecule has 1 saturated heterocycles. The van der Waals surface area contributed by atoms with Crippen LogP contribution < -0.4 is 14.3 Å². The van der Waals surface area contributed by atoms with Gasteiger partial charge in [-0.25, -0.2) is 21.6 Å². The highest BCUT2D eigenvalue weighted by atomic mass is 32.2. The number of hydrogen-bond donors (Lipinski definition) is 2. The van der Waals surface area contributed by atoms with Crippen LogP contribution in [0, 0.1) is 5.92 Å². The second kappa shape index (κ2) is 10.8. The maximum Gasteiger partial charge on any atom is 0.309 e. The molecule has 0 bridgehead atoms. The Hall–Kier alpha value is -2.63. The first-order valence-corrected chi connectivity index (χ1v) is 15.6. The van der Waals surface area contributed by atoms with E-state index in [1.807, 2.05) is 29.2 Å². The molecule has 36 heavy (non-hydrogen) atoms. The number of rotatable bonds is 8. The van der Waals surface area contributed by atoms with Gasteiger partial charge in [0.2, 0.25) is 20.0 Å². The number of carbonyl (C=O) groups is 1. The van der Waals surface area contributed by atoms with Gasteiger partial charge in [0.1, 0.15) is 4.90 Å². The number of esters is 1. The number of nitrogens with one attached hydrogen (secondary N) is 2. The Morgan fingerprint density at radius 1 is 1.06 bits per heavy atom. The lowest BCUT2D eigenvalue weighted by Crippen LogP contribution is -2.38. The summed E-state index contributed by atoms with van der Waals surface area (Å²) in [6.07, 6.45) is 4.57. The van der Waals surface area contributed by atoms with E-state index in [1.165, 1.54) is 6.07 Å². The number of carbonyl (C=O) groups excluding carboxylic acids is 1. The van der Waals surface area contributed by atoms with Crippen molar-refractivity contribution < 1.29 is 26.4 Å². The van der Waals surface area contributed by atoms with Crippen LogP contribution in [0.15, 0.2) is 47.4 Å². The van der Waals surface area contributed by atoms with Crippen molar-refractivity contribution in [1.82, 2.24) is 4.72 Å². The van der Waals surface area contributed by atoms with Gasteiger partial charge in [0, 0.05) is 24.8 Å². The number of anilines is 2. The van der Waals surface area contributed by atoms with E-state index in [1.54, 1.807) is 19.1 Å². The molecule has 0 aromatic heterocycles. The molecule has 2 aromatic rings. The number of sulfonamides is 2. The third kappa shape index (κ3) is 6.19. The van der Waals surface area contributed by atoms with Crippen LogP contribution in [0.4, 0.5) is 11.4 Å². The Labute approximate surface area is 213 Å². The molecule has 2 aliphatic rings. The highest BCUT2D eigenvalue weighted by Crippen LogP contribution is 2.35. The van der Waals surface area contributed by atoms with E-state index in [9.17, 15) is 21.6 Å². The number of fused-ring (bicyclic) bond motifs is 1. The van der Waals surface area contributed by atoms with E-state index in [4.69, 9.17) is 4.74 Å². The van der Waals surface area contributed by atoms with Gasteiger partial charge in [-0.05, 0) is 68.4 Å². The standard InChI is InChI=1S/C25H33N3O6S2/c1-3-34-25(29)19-13-15-28(16-14-19)23-12-11-20(26-35(2,30)31)17-24(23)36(32,33)27-22-10-6-8-18-7-4-5-9-21(18)22/h4-5,7,9,11-12,17,19,22,26-27H,3,6,8,10,13-16H2,1-2H3/t22-/m0/s1. The summed E-state index contributed by atoms with van der Waals surface area (Å²) in [7, 11) is -7.61. The van der Waals surface area contributed by atoms with E-state index < -0.39 is 20.0 Å². The van der Waals surface area contributed by atoms with Crippen molar-refractivity contribution >= 4 is 37.4 Å². The Morgan fingerprint density at radius 2 is 1.78 bits per heavy atom. The molecule has 1 aliphatic carbocycles. The van der Waals surface area contributed by atoms with Crippen molar-refractivity contribution in [1.29, 1.82) is 0 Å². The Morgan fingerprint density at radius 3 is 2.47 bits per heavy atom. The first kappa shape index (κ1) is 26.4. The topological polar surface area (TPSA) is 122 Å². The molecule has 1 fully saturated rings. The molecule has 2 aromatic carbocycles. The van der Waals surface area contributed by atoms with E-state index in [2.05, 4.69) is 9.44 Å². The normalized spacial score (nSPS) is 18.9. The van der Waals surface area contributed by atoms with Crippen LogP contribution in [0.1, 0.15) is 49.8 Å². The van der Waals surface area contributed by atoms with Crippen molar-refractivity contribution in [3.8, 4) is 0 Å². The van der Waals surface area contributed by atoms with Crippen LogP contribution in [-0.4, -0.2) is 48.8 Å². The van der Waals surface area contributed by atoms with E-state index >= 15 is 0 Å². The fourth-order valence-corrected chi connectivity index (χ4v) is 7.07. The van der Waals surface area contributed by atoms with Gasteiger partial charge in [0.15, 0.2) is 0 Å². The van der Waals surface area contributed by atoms with E-state index in [-0.39, 0.29) is 28.5 Å². The molecule has 0 unspecified atom stereocenters. The van der Waals surface area contributed by atoms with Crippen LogP contribution in [0.2, 0.25) is 0 Å². The summed E-state index contributed by atoms with van der Waals surface area (Å²) >= 11 is 0. The van der Waals surface area contributed by atoms with E-state index in [0.717, 1.165) is 30.2 Å². The van der Waals surface area contributed by atoms with Gasteiger partial charge in [-0.15, -0.1) is 0 Å². The third-order valence-electron chi connectivity index (χ3n) is 6.67. The average molecular weight is 536 g/mol. The summed E-state index contributed by atoms with van der Waals surface area (Å²) < 4.78 is 61.6. The second-order valence-corrected chi connectivity index (χ2v) is 12.8. The molecule has 9 nitrogen and oxygen atoms in total. The fraction of sp³-hybridized carbons (Fsp3) is 0.480. The van der Waals surface area contributed by atoms with Gasteiger partial charge < -0.3 is 9.64 Å². The molecule has 0 radical (unpaired) electrons. The minimum Gasteiger partial charge on any atom is -0.466 e. The van der Waals surface area contributed by atoms with Crippen molar-refractivity contribution in [2.24, 2.45) is 5.92 Å². The molecular formula is C25H33N3O6S2. The molecule has 0 amide bonds. The summed E-state index contributed by atoms with van der Waals surface area (Å²) in [6.45, 7) is 3.06. The fourth-order valence-electron chi connectivity index (χ4n) is 5.01. The smallest absolute Gasteiger partial charge is 0.309 e.